The number of aromatic nitrogens is 2. The lowest BCUT2D eigenvalue weighted by Gasteiger charge is -2.30. The first-order chi connectivity index (χ1) is 8.33. The summed E-state index contributed by atoms with van der Waals surface area (Å²) in [6, 6.07) is 6.81. The molecule has 0 bridgehead atoms. The fourth-order valence-electron chi connectivity index (χ4n) is 2.34. The fraction of sp³-hybridized carbons (Fsp3) is 0.462. The van der Waals surface area contributed by atoms with Gasteiger partial charge in [-0.25, -0.2) is 0 Å². The van der Waals surface area contributed by atoms with Crippen molar-refractivity contribution in [3.05, 3.63) is 24.4 Å². The van der Waals surface area contributed by atoms with Gasteiger partial charge in [-0.3, -0.25) is 5.10 Å². The molecule has 0 radical (unpaired) electrons. The second kappa shape index (κ2) is 4.37. The Morgan fingerprint density at radius 2 is 2.41 bits per heavy atom. The van der Waals surface area contributed by atoms with Crippen molar-refractivity contribution in [3.8, 4) is 0 Å². The summed E-state index contributed by atoms with van der Waals surface area (Å²) in [5.41, 5.74) is 2.24. The molecule has 0 saturated carbocycles. The minimum absolute atomic E-state index is 0.508. The van der Waals surface area contributed by atoms with Crippen molar-refractivity contribution in [2.75, 3.05) is 18.5 Å². The van der Waals surface area contributed by atoms with Crippen LogP contribution in [0.2, 0.25) is 0 Å². The van der Waals surface area contributed by atoms with E-state index in [1.807, 2.05) is 6.20 Å². The number of aromatic amines is 1. The Bertz CT molecular complexity index is 508. The molecule has 2 aromatic rings. The van der Waals surface area contributed by atoms with Gasteiger partial charge >= 0.3 is 0 Å². The minimum atomic E-state index is 0.508. The van der Waals surface area contributed by atoms with Gasteiger partial charge in [0.1, 0.15) is 0 Å². The summed E-state index contributed by atoms with van der Waals surface area (Å²) in [5, 5.41) is 11.7. The smallest absolute Gasteiger partial charge is 0.0651 e. The maximum Gasteiger partial charge on any atom is 0.0651 e. The maximum absolute atomic E-state index is 5.45. The number of anilines is 1. The van der Waals surface area contributed by atoms with Crippen LogP contribution in [0.5, 0.6) is 0 Å². The van der Waals surface area contributed by atoms with Crippen LogP contribution in [0.4, 0.5) is 5.69 Å². The molecule has 1 aromatic carbocycles. The van der Waals surface area contributed by atoms with Crippen LogP contribution in [-0.4, -0.2) is 29.5 Å². The molecule has 2 N–H and O–H groups in total. The van der Waals surface area contributed by atoms with Crippen molar-refractivity contribution < 1.29 is 4.74 Å². The molecule has 0 aliphatic carbocycles. The van der Waals surface area contributed by atoms with E-state index in [0.29, 0.717) is 12.0 Å². The number of nitrogens with one attached hydrogen (secondary N) is 2. The molecule has 1 aromatic heterocycles. The number of rotatable bonds is 2. The average Bonchev–Trinajstić information content (AvgIpc) is 2.79. The third-order valence-corrected chi connectivity index (χ3v) is 3.43. The van der Waals surface area contributed by atoms with Crippen LogP contribution in [0.1, 0.15) is 13.3 Å². The van der Waals surface area contributed by atoms with Crippen LogP contribution in [0.15, 0.2) is 24.4 Å². The van der Waals surface area contributed by atoms with Gasteiger partial charge in [0.25, 0.3) is 0 Å². The molecule has 90 valence electrons. The zero-order valence-corrected chi connectivity index (χ0v) is 9.94. The minimum Gasteiger partial charge on any atom is -0.382 e. The highest BCUT2D eigenvalue weighted by Crippen LogP contribution is 2.22. The molecule has 0 amide bonds. The highest BCUT2D eigenvalue weighted by molar-refractivity contribution is 5.81. The van der Waals surface area contributed by atoms with E-state index in [1.54, 1.807) is 0 Å². The predicted molar refractivity (Wildman–Crippen MR) is 68.1 cm³/mol. The molecule has 1 aliphatic rings. The summed E-state index contributed by atoms with van der Waals surface area (Å²) < 4.78 is 5.45. The lowest BCUT2D eigenvalue weighted by Crippen LogP contribution is -2.35. The first kappa shape index (κ1) is 10.6. The molecular formula is C13H17N3O. The first-order valence-electron chi connectivity index (χ1n) is 6.10. The summed E-state index contributed by atoms with van der Waals surface area (Å²) in [7, 11) is 0. The van der Waals surface area contributed by atoms with Gasteiger partial charge in [0, 0.05) is 23.7 Å². The van der Waals surface area contributed by atoms with Crippen LogP contribution in [0.25, 0.3) is 10.9 Å². The molecule has 3 rings (SSSR count). The number of hydrogen-bond acceptors (Lipinski definition) is 3. The standard InChI is InChI=1S/C13H17N3O/c1-9-8-17-5-4-12(9)15-11-2-3-13-10(6-11)7-14-16-13/h2-3,6-7,9,12,15H,4-5,8H2,1H3,(H,14,16)/t9-,12+/m1/s1. The van der Waals surface area contributed by atoms with Crippen molar-refractivity contribution in [1.82, 2.24) is 10.2 Å². The molecule has 17 heavy (non-hydrogen) atoms. The third kappa shape index (κ3) is 2.13. The summed E-state index contributed by atoms with van der Waals surface area (Å²) >= 11 is 0. The molecule has 4 heteroatoms. The molecule has 0 spiro atoms. The van der Waals surface area contributed by atoms with Gasteiger partial charge in [-0.2, -0.15) is 5.10 Å². The Labute approximate surface area is 100 Å². The molecule has 1 fully saturated rings. The first-order valence-corrected chi connectivity index (χ1v) is 6.10. The number of fused-ring (bicyclic) bond motifs is 1. The zero-order chi connectivity index (χ0) is 11.7. The number of ether oxygens (including phenoxy) is 1. The summed E-state index contributed by atoms with van der Waals surface area (Å²) in [6.45, 7) is 3.94. The second-order valence-electron chi connectivity index (χ2n) is 4.76. The Kier molecular flexibility index (Phi) is 2.73. The van der Waals surface area contributed by atoms with E-state index in [2.05, 4.69) is 40.6 Å². The fourth-order valence-corrected chi connectivity index (χ4v) is 2.34. The van der Waals surface area contributed by atoms with Crippen LogP contribution >= 0.6 is 0 Å². The van der Waals surface area contributed by atoms with E-state index in [0.717, 1.165) is 36.2 Å². The van der Waals surface area contributed by atoms with Crippen molar-refractivity contribution in [2.45, 2.75) is 19.4 Å². The van der Waals surface area contributed by atoms with E-state index in [4.69, 9.17) is 4.74 Å². The van der Waals surface area contributed by atoms with Crippen molar-refractivity contribution in [1.29, 1.82) is 0 Å². The van der Waals surface area contributed by atoms with Gasteiger partial charge in [-0.05, 0) is 30.5 Å². The Morgan fingerprint density at radius 3 is 3.29 bits per heavy atom. The molecule has 0 unspecified atom stereocenters. The zero-order valence-electron chi connectivity index (χ0n) is 9.94. The van der Waals surface area contributed by atoms with Gasteiger partial charge in [0.2, 0.25) is 0 Å². The molecule has 4 nitrogen and oxygen atoms in total. The number of hydrogen-bond donors (Lipinski definition) is 2. The van der Waals surface area contributed by atoms with E-state index in [-0.39, 0.29) is 0 Å². The average molecular weight is 231 g/mol. The SMILES string of the molecule is C[C@@H]1COCC[C@@H]1Nc1ccc2[nH]ncc2c1. The maximum atomic E-state index is 5.45. The third-order valence-electron chi connectivity index (χ3n) is 3.43. The molecule has 2 atom stereocenters. The van der Waals surface area contributed by atoms with Gasteiger partial charge < -0.3 is 10.1 Å². The van der Waals surface area contributed by atoms with E-state index in [9.17, 15) is 0 Å². The normalized spacial score (nSPS) is 25.0. The van der Waals surface area contributed by atoms with Gasteiger partial charge in [0.05, 0.1) is 18.3 Å². The molecule has 2 heterocycles. The Balaban J connectivity index is 1.79. The highest BCUT2D eigenvalue weighted by atomic mass is 16.5. The van der Waals surface area contributed by atoms with Crippen LogP contribution < -0.4 is 5.32 Å². The van der Waals surface area contributed by atoms with E-state index >= 15 is 0 Å². The topological polar surface area (TPSA) is 49.9 Å². The molecule has 1 saturated heterocycles. The Morgan fingerprint density at radius 1 is 1.47 bits per heavy atom. The number of benzene rings is 1. The summed E-state index contributed by atoms with van der Waals surface area (Å²) in [5.74, 6) is 0.559. The van der Waals surface area contributed by atoms with Gasteiger partial charge in [0.15, 0.2) is 0 Å². The quantitative estimate of drug-likeness (QED) is 0.834. The van der Waals surface area contributed by atoms with Crippen molar-refractivity contribution in [3.63, 3.8) is 0 Å². The number of nitrogens with zero attached hydrogens (tertiary/aromatic N) is 1. The van der Waals surface area contributed by atoms with Gasteiger partial charge in [-0.15, -0.1) is 0 Å². The molecular weight excluding hydrogens is 214 g/mol. The molecule has 1 aliphatic heterocycles. The van der Waals surface area contributed by atoms with Crippen LogP contribution in [-0.2, 0) is 4.74 Å². The number of H-pyrrole nitrogens is 1. The van der Waals surface area contributed by atoms with Crippen molar-refractivity contribution in [2.24, 2.45) is 5.92 Å². The van der Waals surface area contributed by atoms with E-state index < -0.39 is 0 Å². The summed E-state index contributed by atoms with van der Waals surface area (Å²) in [4.78, 5) is 0. The van der Waals surface area contributed by atoms with Crippen molar-refractivity contribution >= 4 is 16.6 Å². The summed E-state index contributed by atoms with van der Waals surface area (Å²) in [6.07, 6.45) is 2.93. The lowest BCUT2D eigenvalue weighted by molar-refractivity contribution is 0.0538. The van der Waals surface area contributed by atoms with Crippen LogP contribution in [0.3, 0.4) is 0 Å². The van der Waals surface area contributed by atoms with Gasteiger partial charge in [-0.1, -0.05) is 6.92 Å². The second-order valence-corrected chi connectivity index (χ2v) is 4.76. The monoisotopic (exact) mass is 231 g/mol. The Hall–Kier alpha value is -1.55. The van der Waals surface area contributed by atoms with E-state index in [1.165, 1.54) is 0 Å². The van der Waals surface area contributed by atoms with Crippen LogP contribution in [0, 0.1) is 5.92 Å². The lowest BCUT2D eigenvalue weighted by atomic mass is 9.97. The highest BCUT2D eigenvalue weighted by Gasteiger charge is 2.21. The largest absolute Gasteiger partial charge is 0.382 e. The predicted octanol–water partition coefficient (Wildman–Crippen LogP) is 2.40.